The summed E-state index contributed by atoms with van der Waals surface area (Å²) in [5.74, 6) is -1.54. The molecular formula is C20H20O7. The van der Waals surface area contributed by atoms with Gasteiger partial charge in [0.15, 0.2) is 0 Å². The first-order valence-corrected chi connectivity index (χ1v) is 8.25. The summed E-state index contributed by atoms with van der Waals surface area (Å²) >= 11 is 0. The minimum atomic E-state index is -1.07. The summed E-state index contributed by atoms with van der Waals surface area (Å²) in [6.45, 7) is -0.0399. The highest BCUT2D eigenvalue weighted by Crippen LogP contribution is 2.15. The van der Waals surface area contributed by atoms with Crippen molar-refractivity contribution in [1.82, 2.24) is 0 Å². The summed E-state index contributed by atoms with van der Waals surface area (Å²) in [5, 5.41) is 8.57. The third-order valence-electron chi connectivity index (χ3n) is 3.70. The Labute approximate surface area is 156 Å². The van der Waals surface area contributed by atoms with Gasteiger partial charge in [-0.05, 0) is 23.8 Å². The first kappa shape index (κ1) is 20.0. The van der Waals surface area contributed by atoms with Gasteiger partial charge in [0.25, 0.3) is 0 Å². The summed E-state index contributed by atoms with van der Waals surface area (Å²) < 4.78 is 15.4. The van der Waals surface area contributed by atoms with E-state index in [1.165, 1.54) is 0 Å². The summed E-state index contributed by atoms with van der Waals surface area (Å²) in [5.41, 5.74) is 1.58. The summed E-state index contributed by atoms with van der Waals surface area (Å²) in [4.78, 5) is 34.4. The van der Waals surface area contributed by atoms with Crippen LogP contribution < -0.4 is 4.74 Å². The lowest BCUT2D eigenvalue weighted by Crippen LogP contribution is -2.12. The zero-order valence-corrected chi connectivity index (χ0v) is 14.8. The molecule has 2 aromatic carbocycles. The number of esters is 2. The molecule has 0 aliphatic carbocycles. The Balaban J connectivity index is 1.93. The standard InChI is InChI=1S/C20H20O7/c1-25-16-8-6-14(7-9-16)12-27-20(24)17-5-3-2-4-15(17)13-26-19(23)11-10-18(21)22/h2-9H,10-13H2,1H3,(H,21,22). The van der Waals surface area contributed by atoms with Gasteiger partial charge in [-0.2, -0.15) is 0 Å². The molecule has 0 aliphatic heterocycles. The van der Waals surface area contributed by atoms with Crippen molar-refractivity contribution in [3.8, 4) is 5.75 Å². The molecule has 0 fully saturated rings. The Hall–Kier alpha value is -3.35. The fraction of sp³-hybridized carbons (Fsp3) is 0.250. The van der Waals surface area contributed by atoms with Crippen LogP contribution >= 0.6 is 0 Å². The number of ether oxygens (including phenoxy) is 3. The third kappa shape index (κ3) is 6.47. The van der Waals surface area contributed by atoms with Crippen LogP contribution in [0.4, 0.5) is 0 Å². The molecule has 2 aromatic rings. The summed E-state index contributed by atoms with van der Waals surface area (Å²) in [6.07, 6.45) is -0.524. The lowest BCUT2D eigenvalue weighted by Gasteiger charge is -2.10. The third-order valence-corrected chi connectivity index (χ3v) is 3.70. The number of carboxylic acids is 1. The molecule has 27 heavy (non-hydrogen) atoms. The van der Waals surface area contributed by atoms with Crippen LogP contribution in [0.15, 0.2) is 48.5 Å². The number of carbonyl (C=O) groups is 3. The number of aliphatic carboxylic acids is 1. The van der Waals surface area contributed by atoms with Gasteiger partial charge in [-0.25, -0.2) is 4.79 Å². The van der Waals surface area contributed by atoms with Gasteiger partial charge in [0.2, 0.25) is 0 Å². The summed E-state index contributed by atoms with van der Waals surface area (Å²) in [6, 6.07) is 13.7. The number of carboxylic acid groups (broad SMARTS) is 1. The van der Waals surface area contributed by atoms with Crippen LogP contribution in [0.2, 0.25) is 0 Å². The van der Waals surface area contributed by atoms with Gasteiger partial charge in [0.05, 0.1) is 25.5 Å². The van der Waals surface area contributed by atoms with E-state index in [9.17, 15) is 14.4 Å². The molecule has 7 heteroatoms. The topological polar surface area (TPSA) is 99.1 Å². The Morgan fingerprint density at radius 1 is 0.889 bits per heavy atom. The maximum absolute atomic E-state index is 12.4. The van der Waals surface area contributed by atoms with Crippen molar-refractivity contribution in [3.63, 3.8) is 0 Å². The van der Waals surface area contributed by atoms with E-state index in [2.05, 4.69) is 0 Å². The number of hydrogen-bond donors (Lipinski definition) is 1. The highest BCUT2D eigenvalue weighted by Gasteiger charge is 2.14. The highest BCUT2D eigenvalue weighted by molar-refractivity contribution is 5.91. The number of benzene rings is 2. The van der Waals surface area contributed by atoms with E-state index in [0.717, 1.165) is 5.56 Å². The molecule has 142 valence electrons. The first-order valence-electron chi connectivity index (χ1n) is 8.25. The first-order chi connectivity index (χ1) is 13.0. The van der Waals surface area contributed by atoms with Crippen LogP contribution in [0.25, 0.3) is 0 Å². The maximum Gasteiger partial charge on any atom is 0.338 e. The SMILES string of the molecule is COc1ccc(COC(=O)c2ccccc2COC(=O)CCC(=O)O)cc1. The molecule has 0 unspecified atom stereocenters. The van der Waals surface area contributed by atoms with Crippen LogP contribution in [0.3, 0.4) is 0 Å². The molecule has 0 amide bonds. The second-order valence-electron chi connectivity index (χ2n) is 5.64. The van der Waals surface area contributed by atoms with E-state index in [0.29, 0.717) is 11.3 Å². The van der Waals surface area contributed by atoms with Crippen molar-refractivity contribution >= 4 is 17.9 Å². The van der Waals surface area contributed by atoms with Gasteiger partial charge in [-0.15, -0.1) is 0 Å². The van der Waals surface area contributed by atoms with Gasteiger partial charge in [0.1, 0.15) is 19.0 Å². The van der Waals surface area contributed by atoms with Crippen molar-refractivity contribution in [2.45, 2.75) is 26.1 Å². The predicted molar refractivity (Wildman–Crippen MR) is 95.2 cm³/mol. The minimum absolute atomic E-state index is 0.0928. The fourth-order valence-corrected chi connectivity index (χ4v) is 2.23. The molecule has 0 radical (unpaired) electrons. The molecule has 0 atom stereocenters. The number of carbonyl (C=O) groups excluding carboxylic acids is 2. The Bertz CT molecular complexity index is 796. The van der Waals surface area contributed by atoms with Crippen molar-refractivity contribution in [1.29, 1.82) is 0 Å². The van der Waals surface area contributed by atoms with Crippen LogP contribution in [0.1, 0.15) is 34.3 Å². The molecule has 2 rings (SSSR count). The monoisotopic (exact) mass is 372 g/mol. The van der Waals surface area contributed by atoms with E-state index in [-0.39, 0.29) is 31.6 Å². The van der Waals surface area contributed by atoms with Crippen molar-refractivity contribution < 1.29 is 33.7 Å². The largest absolute Gasteiger partial charge is 0.497 e. The van der Waals surface area contributed by atoms with E-state index in [1.54, 1.807) is 55.6 Å². The van der Waals surface area contributed by atoms with Crippen LogP contribution in [-0.4, -0.2) is 30.1 Å². The van der Waals surface area contributed by atoms with Crippen LogP contribution in [-0.2, 0) is 32.3 Å². The van der Waals surface area contributed by atoms with Crippen molar-refractivity contribution in [2.75, 3.05) is 7.11 Å². The number of methoxy groups -OCH3 is 1. The molecule has 0 saturated carbocycles. The van der Waals surface area contributed by atoms with E-state index < -0.39 is 17.9 Å². The van der Waals surface area contributed by atoms with Gasteiger partial charge < -0.3 is 19.3 Å². The van der Waals surface area contributed by atoms with E-state index in [1.807, 2.05) is 0 Å². The minimum Gasteiger partial charge on any atom is -0.497 e. The van der Waals surface area contributed by atoms with Gasteiger partial charge >= 0.3 is 17.9 Å². The highest BCUT2D eigenvalue weighted by atomic mass is 16.5. The Morgan fingerprint density at radius 2 is 1.59 bits per heavy atom. The average Bonchev–Trinajstić information content (AvgIpc) is 2.69. The van der Waals surface area contributed by atoms with E-state index >= 15 is 0 Å². The zero-order valence-electron chi connectivity index (χ0n) is 14.8. The normalized spacial score (nSPS) is 10.1. The zero-order chi connectivity index (χ0) is 19.6. The van der Waals surface area contributed by atoms with E-state index in [4.69, 9.17) is 19.3 Å². The molecule has 0 bridgehead atoms. The van der Waals surface area contributed by atoms with Crippen molar-refractivity contribution in [3.05, 3.63) is 65.2 Å². The predicted octanol–water partition coefficient (Wildman–Crippen LogP) is 2.96. The Morgan fingerprint density at radius 3 is 2.26 bits per heavy atom. The van der Waals surface area contributed by atoms with Crippen LogP contribution in [0, 0.1) is 0 Å². The summed E-state index contributed by atoms with van der Waals surface area (Å²) in [7, 11) is 1.57. The number of hydrogen-bond acceptors (Lipinski definition) is 6. The van der Waals surface area contributed by atoms with Crippen LogP contribution in [0.5, 0.6) is 5.75 Å². The van der Waals surface area contributed by atoms with Gasteiger partial charge in [0, 0.05) is 5.56 Å². The average molecular weight is 372 g/mol. The fourth-order valence-electron chi connectivity index (χ4n) is 2.23. The molecule has 0 heterocycles. The molecule has 1 N–H and O–H groups in total. The maximum atomic E-state index is 12.4. The lowest BCUT2D eigenvalue weighted by molar-refractivity contribution is -0.148. The molecule has 0 aromatic heterocycles. The molecule has 0 aliphatic rings. The molecule has 0 spiro atoms. The smallest absolute Gasteiger partial charge is 0.338 e. The van der Waals surface area contributed by atoms with Gasteiger partial charge in [-0.1, -0.05) is 30.3 Å². The van der Waals surface area contributed by atoms with Gasteiger partial charge in [-0.3, -0.25) is 9.59 Å². The Kier molecular flexibility index (Phi) is 7.37. The quantitative estimate of drug-likeness (QED) is 0.676. The second kappa shape index (κ2) is 9.96. The van der Waals surface area contributed by atoms with Crippen molar-refractivity contribution in [2.24, 2.45) is 0 Å². The molecular weight excluding hydrogens is 352 g/mol. The number of rotatable bonds is 9. The molecule has 7 nitrogen and oxygen atoms in total. The second-order valence-corrected chi connectivity index (χ2v) is 5.64. The lowest BCUT2D eigenvalue weighted by atomic mass is 10.1. The molecule has 0 saturated heterocycles.